The molecule has 2 atom stereocenters. The molecule has 0 amide bonds. The quantitative estimate of drug-likeness (QED) is 0.550. The molecule has 0 bridgehead atoms. The van der Waals surface area contributed by atoms with E-state index < -0.39 is 18.2 Å². The number of esters is 1. The second-order valence-corrected chi connectivity index (χ2v) is 3.47. The molecule has 15 heavy (non-hydrogen) atoms. The van der Waals surface area contributed by atoms with Gasteiger partial charge in [0.2, 0.25) is 0 Å². The van der Waals surface area contributed by atoms with Crippen LogP contribution in [0.5, 0.6) is 0 Å². The molecule has 1 heterocycles. The lowest BCUT2D eigenvalue weighted by molar-refractivity contribution is 0.0515. The molecule has 0 aliphatic carbocycles. The molecular formula is C8H8N2O4S. The number of aromatic nitrogens is 1. The summed E-state index contributed by atoms with van der Waals surface area (Å²) < 4.78 is 4.41. The molecule has 1 aromatic rings. The lowest BCUT2D eigenvalue weighted by Crippen LogP contribution is -2.15. The predicted octanol–water partition coefficient (Wildman–Crippen LogP) is -0.152. The topological polar surface area (TPSA) is 103 Å². The molecule has 0 saturated heterocycles. The van der Waals surface area contributed by atoms with Crippen LogP contribution in [-0.2, 0) is 4.74 Å². The number of thiazole rings is 1. The van der Waals surface area contributed by atoms with Crippen molar-refractivity contribution in [1.29, 1.82) is 5.26 Å². The van der Waals surface area contributed by atoms with Gasteiger partial charge in [-0.15, -0.1) is 11.3 Å². The Bertz CT molecular complexity index is 398. The Balaban J connectivity index is 2.85. The monoisotopic (exact) mass is 228 g/mol. The molecule has 1 rings (SSSR count). The number of aliphatic hydroxyl groups is 2. The van der Waals surface area contributed by atoms with Gasteiger partial charge in [-0.05, 0) is 0 Å². The fraction of sp³-hybridized carbons (Fsp3) is 0.375. The van der Waals surface area contributed by atoms with Crippen molar-refractivity contribution in [1.82, 2.24) is 4.98 Å². The summed E-state index contributed by atoms with van der Waals surface area (Å²) in [6.45, 7) is 0. The van der Waals surface area contributed by atoms with Crippen molar-refractivity contribution in [3.63, 3.8) is 0 Å². The third-order valence-electron chi connectivity index (χ3n) is 1.60. The maximum Gasteiger partial charge on any atom is 0.357 e. The number of rotatable bonds is 3. The Hall–Kier alpha value is -1.49. The third kappa shape index (κ3) is 2.50. The Kier molecular flexibility index (Phi) is 3.74. The SMILES string of the molecule is COC(=O)c1csc(C(O)C(O)C#N)n1. The Morgan fingerprint density at radius 3 is 2.93 bits per heavy atom. The highest BCUT2D eigenvalue weighted by Gasteiger charge is 2.22. The van der Waals surface area contributed by atoms with Crippen molar-refractivity contribution in [2.45, 2.75) is 12.2 Å². The van der Waals surface area contributed by atoms with Gasteiger partial charge in [-0.3, -0.25) is 0 Å². The summed E-state index contributed by atoms with van der Waals surface area (Å²) in [6.07, 6.45) is -2.96. The molecule has 0 spiro atoms. The molecule has 2 N–H and O–H groups in total. The van der Waals surface area contributed by atoms with Crippen LogP contribution in [-0.4, -0.2) is 34.4 Å². The third-order valence-corrected chi connectivity index (χ3v) is 2.52. The van der Waals surface area contributed by atoms with Crippen LogP contribution in [0.1, 0.15) is 21.6 Å². The maximum absolute atomic E-state index is 11.0. The first-order valence-electron chi connectivity index (χ1n) is 3.89. The first-order chi connectivity index (χ1) is 7.10. The number of hydrogen-bond acceptors (Lipinski definition) is 7. The van der Waals surface area contributed by atoms with E-state index in [2.05, 4.69) is 9.72 Å². The van der Waals surface area contributed by atoms with Crippen LogP contribution in [0.4, 0.5) is 0 Å². The van der Waals surface area contributed by atoms with Crippen LogP contribution in [0.15, 0.2) is 5.38 Å². The van der Waals surface area contributed by atoms with Crippen molar-refractivity contribution in [2.75, 3.05) is 7.11 Å². The van der Waals surface area contributed by atoms with E-state index in [0.717, 1.165) is 11.3 Å². The number of nitriles is 1. The molecule has 6 nitrogen and oxygen atoms in total. The number of nitrogens with zero attached hydrogens (tertiary/aromatic N) is 2. The van der Waals surface area contributed by atoms with Gasteiger partial charge in [0, 0.05) is 5.38 Å². The zero-order chi connectivity index (χ0) is 11.4. The van der Waals surface area contributed by atoms with Crippen LogP contribution in [0.2, 0.25) is 0 Å². The summed E-state index contributed by atoms with van der Waals surface area (Å²) in [5.41, 5.74) is 0.0432. The molecule has 0 aliphatic rings. The van der Waals surface area contributed by atoms with Crippen LogP contribution in [0.25, 0.3) is 0 Å². The molecule has 2 unspecified atom stereocenters. The van der Waals surface area contributed by atoms with E-state index in [1.165, 1.54) is 18.6 Å². The summed E-state index contributed by atoms with van der Waals surface area (Å²) in [5, 5.41) is 28.2. The zero-order valence-corrected chi connectivity index (χ0v) is 8.56. The predicted molar refractivity (Wildman–Crippen MR) is 50.0 cm³/mol. The van der Waals surface area contributed by atoms with Gasteiger partial charge in [0.1, 0.15) is 11.1 Å². The Morgan fingerprint density at radius 1 is 1.73 bits per heavy atom. The van der Waals surface area contributed by atoms with Gasteiger partial charge in [0.25, 0.3) is 0 Å². The van der Waals surface area contributed by atoms with E-state index in [1.54, 1.807) is 0 Å². The highest BCUT2D eigenvalue weighted by Crippen LogP contribution is 2.21. The van der Waals surface area contributed by atoms with Crippen LogP contribution < -0.4 is 0 Å². The summed E-state index contributed by atoms with van der Waals surface area (Å²) in [6, 6.07) is 1.47. The second kappa shape index (κ2) is 4.84. The number of hydrogen-bond donors (Lipinski definition) is 2. The van der Waals surface area contributed by atoms with Gasteiger partial charge in [-0.2, -0.15) is 5.26 Å². The Labute approximate surface area is 89.4 Å². The van der Waals surface area contributed by atoms with Crippen molar-refractivity contribution >= 4 is 17.3 Å². The average Bonchev–Trinajstić information content (AvgIpc) is 2.75. The normalized spacial score (nSPS) is 14.0. The fourth-order valence-electron chi connectivity index (χ4n) is 0.827. The van der Waals surface area contributed by atoms with Crippen LogP contribution in [0, 0.1) is 11.3 Å². The molecule has 0 aliphatic heterocycles. The summed E-state index contributed by atoms with van der Waals surface area (Å²) >= 11 is 0.972. The fourth-order valence-corrected chi connectivity index (χ4v) is 1.63. The molecule has 0 aromatic carbocycles. The maximum atomic E-state index is 11.0. The number of methoxy groups -OCH3 is 1. The summed E-state index contributed by atoms with van der Waals surface area (Å²) in [4.78, 5) is 14.7. The minimum Gasteiger partial charge on any atom is -0.464 e. The average molecular weight is 228 g/mol. The van der Waals surface area contributed by atoms with E-state index in [9.17, 15) is 9.90 Å². The van der Waals surface area contributed by atoms with E-state index in [-0.39, 0.29) is 10.7 Å². The first-order valence-corrected chi connectivity index (χ1v) is 4.77. The van der Waals surface area contributed by atoms with Gasteiger partial charge in [0.05, 0.1) is 13.2 Å². The standard InChI is InChI=1S/C8H8N2O4S/c1-14-8(13)4-3-15-7(10-4)6(12)5(11)2-9/h3,5-6,11-12H,1H3. The number of carbonyl (C=O) groups excluding carboxylic acids is 1. The van der Waals surface area contributed by atoms with E-state index in [0.29, 0.717) is 0 Å². The van der Waals surface area contributed by atoms with E-state index >= 15 is 0 Å². The second-order valence-electron chi connectivity index (χ2n) is 2.58. The number of ether oxygens (including phenoxy) is 1. The zero-order valence-electron chi connectivity index (χ0n) is 7.75. The molecule has 0 radical (unpaired) electrons. The minimum absolute atomic E-state index is 0.0432. The molecule has 7 heteroatoms. The molecular weight excluding hydrogens is 220 g/mol. The first kappa shape index (κ1) is 11.6. The lowest BCUT2D eigenvalue weighted by Gasteiger charge is -2.06. The largest absolute Gasteiger partial charge is 0.464 e. The Morgan fingerprint density at radius 2 is 2.40 bits per heavy atom. The van der Waals surface area contributed by atoms with Crippen LogP contribution >= 0.6 is 11.3 Å². The van der Waals surface area contributed by atoms with E-state index in [1.807, 2.05) is 0 Å². The van der Waals surface area contributed by atoms with Crippen molar-refractivity contribution < 1.29 is 19.7 Å². The van der Waals surface area contributed by atoms with E-state index in [4.69, 9.17) is 10.4 Å². The van der Waals surface area contributed by atoms with Crippen LogP contribution in [0.3, 0.4) is 0 Å². The summed E-state index contributed by atoms with van der Waals surface area (Å²) in [5.74, 6) is -0.629. The molecule has 0 saturated carbocycles. The smallest absolute Gasteiger partial charge is 0.357 e. The number of aliphatic hydroxyl groups excluding tert-OH is 2. The molecule has 80 valence electrons. The lowest BCUT2D eigenvalue weighted by atomic mass is 10.2. The van der Waals surface area contributed by atoms with Crippen molar-refractivity contribution in [2.24, 2.45) is 0 Å². The highest BCUT2D eigenvalue weighted by molar-refractivity contribution is 7.09. The molecule has 1 aromatic heterocycles. The van der Waals surface area contributed by atoms with Gasteiger partial charge < -0.3 is 14.9 Å². The minimum atomic E-state index is -1.55. The van der Waals surface area contributed by atoms with Gasteiger partial charge in [-0.25, -0.2) is 9.78 Å². The summed E-state index contributed by atoms with van der Waals surface area (Å²) in [7, 11) is 1.21. The van der Waals surface area contributed by atoms with Crippen molar-refractivity contribution in [3.05, 3.63) is 16.1 Å². The number of carbonyl (C=O) groups is 1. The van der Waals surface area contributed by atoms with Gasteiger partial charge in [-0.1, -0.05) is 0 Å². The molecule has 0 fully saturated rings. The highest BCUT2D eigenvalue weighted by atomic mass is 32.1. The van der Waals surface area contributed by atoms with Gasteiger partial charge >= 0.3 is 5.97 Å². The van der Waals surface area contributed by atoms with Crippen molar-refractivity contribution in [3.8, 4) is 6.07 Å². The van der Waals surface area contributed by atoms with Gasteiger partial charge in [0.15, 0.2) is 11.8 Å².